The van der Waals surface area contributed by atoms with E-state index in [4.69, 9.17) is 5.73 Å². The molecule has 3 nitrogen and oxygen atoms in total. The van der Waals surface area contributed by atoms with E-state index in [0.717, 1.165) is 5.56 Å². The van der Waals surface area contributed by atoms with Crippen LogP contribution in [-0.2, 0) is 4.79 Å². The van der Waals surface area contributed by atoms with Crippen molar-refractivity contribution in [1.29, 1.82) is 0 Å². The number of primary amides is 1. The fraction of sp³-hybridized carbons (Fsp3) is 0.364. The Morgan fingerprint density at radius 3 is 2.80 bits per heavy atom. The van der Waals surface area contributed by atoms with E-state index in [0.29, 0.717) is 12.1 Å². The summed E-state index contributed by atoms with van der Waals surface area (Å²) in [5.41, 5.74) is 6.41. The van der Waals surface area contributed by atoms with Gasteiger partial charge in [-0.1, -0.05) is 24.6 Å². The molecule has 0 aromatic heterocycles. The molecule has 0 aliphatic rings. The molecule has 82 valence electrons. The summed E-state index contributed by atoms with van der Waals surface area (Å²) >= 11 is 0. The second-order valence-corrected chi connectivity index (χ2v) is 3.42. The minimum atomic E-state index is -0.755. The van der Waals surface area contributed by atoms with Gasteiger partial charge < -0.3 is 11.1 Å². The van der Waals surface area contributed by atoms with Gasteiger partial charge in [-0.15, -0.1) is 0 Å². The van der Waals surface area contributed by atoms with Crippen molar-refractivity contribution in [1.82, 2.24) is 5.32 Å². The molecule has 15 heavy (non-hydrogen) atoms. The number of benzene rings is 1. The minimum absolute atomic E-state index is 0.310. The van der Waals surface area contributed by atoms with E-state index in [-0.39, 0.29) is 0 Å². The average molecular weight is 210 g/mol. The molecular formula is C11H15FN2O. The molecule has 0 fully saturated rings. The number of nitrogens with one attached hydrogen (secondary N) is 1. The molecule has 1 atom stereocenters. The number of carbonyl (C=O) groups is 1. The summed E-state index contributed by atoms with van der Waals surface area (Å²) in [4.78, 5) is 11.1. The number of amides is 1. The van der Waals surface area contributed by atoms with Crippen LogP contribution in [0.1, 0.15) is 24.1 Å². The SMILES string of the molecule is CCNC(C(N)=O)c1cc(C)ccc1F. The van der Waals surface area contributed by atoms with E-state index in [1.165, 1.54) is 6.07 Å². The number of hydrogen-bond donors (Lipinski definition) is 2. The van der Waals surface area contributed by atoms with Gasteiger partial charge in [0.15, 0.2) is 0 Å². The Morgan fingerprint density at radius 1 is 1.60 bits per heavy atom. The lowest BCUT2D eigenvalue weighted by atomic mass is 10.0. The smallest absolute Gasteiger partial charge is 0.239 e. The highest BCUT2D eigenvalue weighted by Gasteiger charge is 2.19. The molecule has 0 aliphatic heterocycles. The highest BCUT2D eigenvalue weighted by molar-refractivity contribution is 5.81. The lowest BCUT2D eigenvalue weighted by Gasteiger charge is -2.15. The summed E-state index contributed by atoms with van der Waals surface area (Å²) in [5, 5.41) is 2.85. The standard InChI is InChI=1S/C11H15FN2O/c1-3-14-10(11(13)15)8-6-7(2)4-5-9(8)12/h4-6,10,14H,3H2,1-2H3,(H2,13,15). The van der Waals surface area contributed by atoms with E-state index in [1.807, 2.05) is 13.8 Å². The number of rotatable bonds is 4. The highest BCUT2D eigenvalue weighted by Crippen LogP contribution is 2.18. The molecule has 0 saturated carbocycles. The predicted octanol–water partition coefficient (Wildman–Crippen LogP) is 1.27. The average Bonchev–Trinajstić information content (AvgIpc) is 2.18. The van der Waals surface area contributed by atoms with Crippen molar-refractivity contribution >= 4 is 5.91 Å². The first-order chi connectivity index (χ1) is 7.06. The molecule has 0 heterocycles. The van der Waals surface area contributed by atoms with Gasteiger partial charge in [-0.25, -0.2) is 4.39 Å². The van der Waals surface area contributed by atoms with Crippen LogP contribution in [-0.4, -0.2) is 12.5 Å². The molecule has 1 amide bonds. The van der Waals surface area contributed by atoms with Gasteiger partial charge in [0.1, 0.15) is 11.9 Å². The zero-order valence-corrected chi connectivity index (χ0v) is 8.88. The van der Waals surface area contributed by atoms with Crippen LogP contribution in [0.5, 0.6) is 0 Å². The molecule has 3 N–H and O–H groups in total. The molecular weight excluding hydrogens is 195 g/mol. The van der Waals surface area contributed by atoms with E-state index in [9.17, 15) is 9.18 Å². The van der Waals surface area contributed by atoms with Gasteiger partial charge >= 0.3 is 0 Å². The largest absolute Gasteiger partial charge is 0.368 e. The molecule has 0 aliphatic carbocycles. The number of likely N-dealkylation sites (N-methyl/N-ethyl adjacent to an activating group) is 1. The molecule has 1 aromatic rings. The Kier molecular flexibility index (Phi) is 3.80. The second kappa shape index (κ2) is 4.89. The van der Waals surface area contributed by atoms with Crippen LogP contribution in [0.4, 0.5) is 4.39 Å². The van der Waals surface area contributed by atoms with Crippen LogP contribution in [0.2, 0.25) is 0 Å². The molecule has 1 unspecified atom stereocenters. The maximum Gasteiger partial charge on any atom is 0.239 e. The Morgan fingerprint density at radius 2 is 2.27 bits per heavy atom. The fourth-order valence-electron chi connectivity index (χ4n) is 1.45. The second-order valence-electron chi connectivity index (χ2n) is 3.42. The zero-order chi connectivity index (χ0) is 11.4. The van der Waals surface area contributed by atoms with Crippen molar-refractivity contribution in [2.75, 3.05) is 6.54 Å². The molecule has 0 bridgehead atoms. The lowest BCUT2D eigenvalue weighted by Crippen LogP contribution is -2.34. The molecule has 4 heteroatoms. The molecule has 1 aromatic carbocycles. The number of carbonyl (C=O) groups excluding carboxylic acids is 1. The van der Waals surface area contributed by atoms with Gasteiger partial charge in [-0.2, -0.15) is 0 Å². The number of hydrogen-bond acceptors (Lipinski definition) is 2. The summed E-state index contributed by atoms with van der Waals surface area (Å²) in [6, 6.07) is 3.88. The van der Waals surface area contributed by atoms with Crippen LogP contribution in [0.25, 0.3) is 0 Å². The Balaban J connectivity index is 3.09. The first-order valence-electron chi connectivity index (χ1n) is 4.85. The van der Waals surface area contributed by atoms with E-state index in [1.54, 1.807) is 12.1 Å². The van der Waals surface area contributed by atoms with Crippen LogP contribution < -0.4 is 11.1 Å². The third-order valence-corrected chi connectivity index (χ3v) is 2.16. The maximum atomic E-state index is 13.5. The van der Waals surface area contributed by atoms with Crippen LogP contribution in [0.15, 0.2) is 18.2 Å². The van der Waals surface area contributed by atoms with Crippen molar-refractivity contribution in [2.45, 2.75) is 19.9 Å². The monoisotopic (exact) mass is 210 g/mol. The van der Waals surface area contributed by atoms with Crippen LogP contribution >= 0.6 is 0 Å². The van der Waals surface area contributed by atoms with Crippen molar-refractivity contribution < 1.29 is 9.18 Å². The third-order valence-electron chi connectivity index (χ3n) is 2.16. The van der Waals surface area contributed by atoms with Gasteiger partial charge in [-0.05, 0) is 19.5 Å². The molecule has 0 saturated heterocycles. The van der Waals surface area contributed by atoms with Crippen LogP contribution in [0, 0.1) is 12.7 Å². The summed E-state index contributed by atoms with van der Waals surface area (Å²) < 4.78 is 13.5. The lowest BCUT2D eigenvalue weighted by molar-refractivity contribution is -0.120. The van der Waals surface area contributed by atoms with E-state index < -0.39 is 17.8 Å². The van der Waals surface area contributed by atoms with Crippen molar-refractivity contribution in [3.63, 3.8) is 0 Å². The van der Waals surface area contributed by atoms with E-state index in [2.05, 4.69) is 5.32 Å². The number of aryl methyl sites for hydroxylation is 1. The Labute approximate surface area is 88.5 Å². The quantitative estimate of drug-likeness (QED) is 0.786. The number of nitrogens with two attached hydrogens (primary N) is 1. The van der Waals surface area contributed by atoms with Crippen LogP contribution in [0.3, 0.4) is 0 Å². The Hall–Kier alpha value is -1.42. The fourth-order valence-corrected chi connectivity index (χ4v) is 1.45. The van der Waals surface area contributed by atoms with Gasteiger partial charge in [0.05, 0.1) is 0 Å². The first kappa shape index (κ1) is 11.7. The predicted molar refractivity (Wildman–Crippen MR) is 56.7 cm³/mol. The number of halogens is 1. The maximum absolute atomic E-state index is 13.5. The topological polar surface area (TPSA) is 55.1 Å². The van der Waals surface area contributed by atoms with Crippen molar-refractivity contribution in [3.8, 4) is 0 Å². The first-order valence-corrected chi connectivity index (χ1v) is 4.85. The normalized spacial score (nSPS) is 12.5. The zero-order valence-electron chi connectivity index (χ0n) is 8.88. The molecule has 0 spiro atoms. The Bertz CT molecular complexity index is 366. The van der Waals surface area contributed by atoms with Gasteiger partial charge in [0, 0.05) is 5.56 Å². The van der Waals surface area contributed by atoms with Gasteiger partial charge in [0.2, 0.25) is 5.91 Å². The van der Waals surface area contributed by atoms with E-state index >= 15 is 0 Å². The summed E-state index contributed by atoms with van der Waals surface area (Å²) in [6.07, 6.45) is 0. The summed E-state index contributed by atoms with van der Waals surface area (Å²) in [7, 11) is 0. The minimum Gasteiger partial charge on any atom is -0.368 e. The van der Waals surface area contributed by atoms with Gasteiger partial charge in [0.25, 0.3) is 0 Å². The van der Waals surface area contributed by atoms with Crippen molar-refractivity contribution in [3.05, 3.63) is 35.1 Å². The van der Waals surface area contributed by atoms with Gasteiger partial charge in [-0.3, -0.25) is 4.79 Å². The molecule has 0 radical (unpaired) electrons. The third kappa shape index (κ3) is 2.76. The molecule has 1 rings (SSSR count). The summed E-state index contributed by atoms with van der Waals surface area (Å²) in [6.45, 7) is 4.23. The van der Waals surface area contributed by atoms with Crippen molar-refractivity contribution in [2.24, 2.45) is 5.73 Å². The highest BCUT2D eigenvalue weighted by atomic mass is 19.1. The summed E-state index contributed by atoms with van der Waals surface area (Å²) in [5.74, 6) is -0.980.